The number of hydrogen-bond acceptors (Lipinski definition) is 21. The van der Waals surface area contributed by atoms with E-state index in [-0.39, 0.29) is 37.3 Å². The summed E-state index contributed by atoms with van der Waals surface area (Å²) >= 11 is 0. The molecule has 0 aliphatic carbocycles. The van der Waals surface area contributed by atoms with Gasteiger partial charge in [0.15, 0.2) is 29.9 Å². The Bertz CT molecular complexity index is 2090. The van der Waals surface area contributed by atoms with Crippen LogP contribution in [0.4, 0.5) is 4.79 Å². The molecule has 5 unspecified atom stereocenters. The third-order valence-electron chi connectivity index (χ3n) is 16.6. The van der Waals surface area contributed by atoms with Crippen LogP contribution in [-0.2, 0) is 85.7 Å². The molecular formula is C59H101N3O19. The van der Waals surface area contributed by atoms with E-state index in [9.17, 15) is 19.2 Å². The molecule has 0 aromatic carbocycles. The first kappa shape index (κ1) is 69.5. The average molecular weight is 1160 g/mol. The summed E-state index contributed by atoms with van der Waals surface area (Å²) in [5.41, 5.74) is -1.55. The lowest BCUT2D eigenvalue weighted by atomic mass is 9.73. The van der Waals surface area contributed by atoms with Gasteiger partial charge in [0.1, 0.15) is 37.2 Å². The van der Waals surface area contributed by atoms with Crippen molar-refractivity contribution < 1.29 is 90.4 Å². The van der Waals surface area contributed by atoms with Crippen molar-refractivity contribution in [1.82, 2.24) is 9.80 Å². The van der Waals surface area contributed by atoms with E-state index >= 15 is 9.59 Å². The van der Waals surface area contributed by atoms with Crippen LogP contribution >= 0.6 is 0 Å². The number of ether oxygens (including phenoxy) is 12. The minimum Gasteiger partial charge on any atom is -0.461 e. The zero-order valence-electron chi connectivity index (χ0n) is 52.5. The summed E-state index contributed by atoms with van der Waals surface area (Å²) in [5.74, 6) is -7.88. The van der Waals surface area contributed by atoms with E-state index in [2.05, 4.69) is 17.0 Å². The molecule has 22 atom stereocenters. The fraction of sp³-hybridized carbons (Fsp3) is 0.881. The first-order chi connectivity index (χ1) is 37.9. The van der Waals surface area contributed by atoms with Gasteiger partial charge in [0, 0.05) is 85.8 Å². The Hall–Kier alpha value is -4.03. The number of carbonyl (C=O) groups excluding carboxylic acids is 6. The number of oxime groups is 1. The number of nitrogens with zero attached hydrogens (tertiary/aromatic N) is 3. The first-order valence-electron chi connectivity index (χ1n) is 29.2. The van der Waals surface area contributed by atoms with Crippen molar-refractivity contribution in [3.8, 4) is 0 Å². The van der Waals surface area contributed by atoms with Gasteiger partial charge in [-0.05, 0) is 85.6 Å². The molecule has 0 spiro atoms. The van der Waals surface area contributed by atoms with Gasteiger partial charge >= 0.3 is 30.0 Å². The number of ketones is 1. The monoisotopic (exact) mass is 1160 g/mol. The summed E-state index contributed by atoms with van der Waals surface area (Å²) in [4.78, 5) is 92.7. The number of methoxy groups -OCH3 is 2. The highest BCUT2D eigenvalue weighted by Gasteiger charge is 2.53. The molecule has 4 fully saturated rings. The maximum Gasteiger partial charge on any atom is 0.410 e. The number of amides is 1. The molecule has 4 saturated heterocycles. The number of cyclic esters (lactones) is 1. The number of hydrogen-bond donors (Lipinski definition) is 0. The SMILES string of the molecule is CON=C1C[C@@H](C)O[C@@H](O[C@@H]2[C@@H](C)[C@H](O[C@H]3C[C@@H](C)N(C)C[C@H](C)O3)C(C)C(=O)O[C@H](C(C)CCCC3OC(C)[C@@H](OC(C)=O)[C@@H](OC)[C@H]3OC)[C@H](C)[C@@H](OC(=O)CC(C)C)C(C)C(=O)[C@@](C)(OC(=O)N(C)C)C[C@@H]2C)[C@@H]1OC(C)=O. The van der Waals surface area contributed by atoms with Gasteiger partial charge in [0.25, 0.3) is 0 Å². The maximum absolute atomic E-state index is 15.8. The van der Waals surface area contributed by atoms with E-state index in [0.717, 1.165) is 0 Å². The Morgan fingerprint density at radius 2 is 1.41 bits per heavy atom. The summed E-state index contributed by atoms with van der Waals surface area (Å²) < 4.78 is 76.6. The van der Waals surface area contributed by atoms with E-state index < -0.39 is 157 Å². The largest absolute Gasteiger partial charge is 0.461 e. The molecule has 22 heteroatoms. The lowest BCUT2D eigenvalue weighted by Gasteiger charge is -2.45. The molecule has 0 N–H and O–H groups in total. The number of carbonyl (C=O) groups is 6. The predicted octanol–water partition coefficient (Wildman–Crippen LogP) is 7.32. The molecule has 466 valence electrons. The van der Waals surface area contributed by atoms with Crippen molar-refractivity contribution >= 4 is 41.5 Å². The third-order valence-corrected chi connectivity index (χ3v) is 16.6. The zero-order chi connectivity index (χ0) is 61.0. The van der Waals surface area contributed by atoms with Crippen LogP contribution in [0, 0.1) is 41.4 Å². The Balaban J connectivity index is 1.96. The van der Waals surface area contributed by atoms with Gasteiger partial charge in [0.2, 0.25) is 6.29 Å². The Morgan fingerprint density at radius 1 is 0.765 bits per heavy atom. The molecule has 0 bridgehead atoms. The molecule has 22 nitrogen and oxygen atoms in total. The van der Waals surface area contributed by atoms with Crippen LogP contribution < -0.4 is 0 Å². The zero-order valence-corrected chi connectivity index (χ0v) is 52.5. The van der Waals surface area contributed by atoms with Crippen LogP contribution in [0.25, 0.3) is 0 Å². The van der Waals surface area contributed by atoms with Gasteiger partial charge in [-0.25, -0.2) is 4.79 Å². The number of Topliss-reactive ketones (excluding diaryl/α,β-unsaturated/α-hetero) is 1. The van der Waals surface area contributed by atoms with Gasteiger partial charge in [-0.1, -0.05) is 60.0 Å². The van der Waals surface area contributed by atoms with Crippen molar-refractivity contribution in [2.45, 2.75) is 246 Å². The first-order valence-corrected chi connectivity index (χ1v) is 29.2. The third kappa shape index (κ3) is 18.7. The fourth-order valence-corrected chi connectivity index (χ4v) is 12.4. The molecule has 4 heterocycles. The molecule has 0 radical (unpaired) electrons. The highest BCUT2D eigenvalue weighted by Crippen LogP contribution is 2.41. The quantitative estimate of drug-likeness (QED) is 0.0742. The molecule has 0 aromatic heterocycles. The van der Waals surface area contributed by atoms with Gasteiger partial charge in [0.05, 0.1) is 48.5 Å². The van der Waals surface area contributed by atoms with Crippen LogP contribution in [0.5, 0.6) is 0 Å². The molecule has 1 amide bonds. The van der Waals surface area contributed by atoms with Crippen molar-refractivity contribution in [3.63, 3.8) is 0 Å². The second-order valence-corrected chi connectivity index (χ2v) is 24.5. The smallest absolute Gasteiger partial charge is 0.410 e. The molecule has 4 aliphatic rings. The lowest BCUT2D eigenvalue weighted by Crippen LogP contribution is -2.59. The predicted molar refractivity (Wildman–Crippen MR) is 297 cm³/mol. The molecular weight excluding hydrogens is 1050 g/mol. The van der Waals surface area contributed by atoms with E-state index in [4.69, 9.17) is 61.7 Å². The van der Waals surface area contributed by atoms with Gasteiger partial charge < -0.3 is 71.5 Å². The molecule has 4 aliphatic heterocycles. The Labute approximate surface area is 482 Å². The van der Waals surface area contributed by atoms with Gasteiger partial charge in [-0.2, -0.15) is 0 Å². The number of esters is 4. The minimum absolute atomic E-state index is 0.0145. The van der Waals surface area contributed by atoms with Gasteiger partial charge in [-0.15, -0.1) is 0 Å². The topological polar surface area (TPSA) is 241 Å². The number of likely N-dealkylation sites (N-methyl/N-ethyl adjacent to an activating group) is 1. The van der Waals surface area contributed by atoms with E-state index in [1.807, 2.05) is 69.4 Å². The Kier molecular flexibility index (Phi) is 26.8. The van der Waals surface area contributed by atoms with Crippen molar-refractivity contribution in [1.29, 1.82) is 0 Å². The van der Waals surface area contributed by atoms with Crippen LogP contribution in [0.1, 0.15) is 149 Å². The number of rotatable bonds is 18. The van der Waals surface area contributed by atoms with E-state index in [1.54, 1.807) is 27.9 Å². The second kappa shape index (κ2) is 31.2. The van der Waals surface area contributed by atoms with Crippen molar-refractivity contribution in [2.75, 3.05) is 49.0 Å². The summed E-state index contributed by atoms with van der Waals surface area (Å²) in [6.07, 6.45) is -9.92. The maximum atomic E-state index is 15.8. The average Bonchev–Trinajstić information content (AvgIpc) is 3.62. The molecule has 0 aromatic rings. The van der Waals surface area contributed by atoms with Gasteiger partial charge in [-0.3, -0.25) is 24.0 Å². The molecule has 0 saturated carbocycles. The minimum atomic E-state index is -1.91. The summed E-state index contributed by atoms with van der Waals surface area (Å²) in [7, 11) is 9.51. The van der Waals surface area contributed by atoms with Crippen LogP contribution in [-0.4, -0.2) is 198 Å². The Morgan fingerprint density at radius 3 is 1.99 bits per heavy atom. The van der Waals surface area contributed by atoms with E-state index in [0.29, 0.717) is 37.9 Å². The second-order valence-electron chi connectivity index (χ2n) is 24.5. The standard InChI is InChI=1S/C59H101N3O19/c1-30(2)25-45(65)77-49-36(8)47(31(3)23-22-24-44-53(69-19)54(70-20)51(40(12)74-44)75-41(13)63)79-56(67)39(11)50(78-46-26-33(5)62(18)29-35(7)72-46)37(9)48(32(4)28-59(15,55(66)38(49)10)81-58(68)61(16)17)80-57-52(76-42(14)64)43(60-71-21)27-34(6)73-57/h30-40,44,46-54,57H,22-29H2,1-21H3/t31?,32-,33+,34+,35-,36-,37+,38?,39?,40?,44?,46-,47+,48-,49+,50-,51+,52+,53-,54+,57-,59-/m0/s1. The highest BCUT2D eigenvalue weighted by molar-refractivity contribution is 5.92. The van der Waals surface area contributed by atoms with Crippen molar-refractivity contribution in [2.24, 2.45) is 46.6 Å². The summed E-state index contributed by atoms with van der Waals surface area (Å²) in [6.45, 7) is 27.1. The normalized spacial score (nSPS) is 38.7. The van der Waals surface area contributed by atoms with Crippen LogP contribution in [0.2, 0.25) is 0 Å². The molecule has 4 rings (SSSR count). The highest BCUT2D eigenvalue weighted by atomic mass is 16.7. The fourth-order valence-electron chi connectivity index (χ4n) is 12.4. The van der Waals surface area contributed by atoms with Crippen LogP contribution in [0.3, 0.4) is 0 Å². The van der Waals surface area contributed by atoms with E-state index in [1.165, 1.54) is 47.1 Å². The summed E-state index contributed by atoms with van der Waals surface area (Å²) in [5, 5.41) is 4.23. The summed E-state index contributed by atoms with van der Waals surface area (Å²) in [6, 6.07) is 0.0145. The molecule has 81 heavy (non-hydrogen) atoms. The van der Waals surface area contributed by atoms with Crippen molar-refractivity contribution in [3.05, 3.63) is 0 Å². The van der Waals surface area contributed by atoms with Crippen LogP contribution in [0.15, 0.2) is 5.16 Å². The lowest BCUT2D eigenvalue weighted by molar-refractivity contribution is -0.267.